The highest BCUT2D eigenvalue weighted by Gasteiger charge is 2.29. The van der Waals surface area contributed by atoms with E-state index < -0.39 is 0 Å². The van der Waals surface area contributed by atoms with Gasteiger partial charge in [0.2, 0.25) is 5.91 Å². The van der Waals surface area contributed by atoms with E-state index in [0.717, 1.165) is 30.5 Å². The number of benzene rings is 1. The third-order valence-corrected chi connectivity index (χ3v) is 6.38. The van der Waals surface area contributed by atoms with Crippen molar-refractivity contribution < 1.29 is 9.18 Å². The first-order valence-corrected chi connectivity index (χ1v) is 11.1. The molecule has 2 atom stereocenters. The lowest BCUT2D eigenvalue weighted by Crippen LogP contribution is -2.48. The van der Waals surface area contributed by atoms with Gasteiger partial charge in [-0.1, -0.05) is 11.8 Å². The Morgan fingerprint density at radius 3 is 2.40 bits per heavy atom. The first-order valence-electron chi connectivity index (χ1n) is 10.1. The minimum Gasteiger partial charge on any atom is -0.337 e. The van der Waals surface area contributed by atoms with E-state index in [0.29, 0.717) is 11.0 Å². The molecule has 1 aliphatic heterocycles. The Hall–Kier alpha value is -2.74. The van der Waals surface area contributed by atoms with Crippen molar-refractivity contribution in [2.75, 3.05) is 5.75 Å². The van der Waals surface area contributed by atoms with E-state index >= 15 is 0 Å². The maximum atomic E-state index is 13.5. The fourth-order valence-electron chi connectivity index (χ4n) is 3.99. The van der Waals surface area contributed by atoms with Gasteiger partial charge in [-0.2, -0.15) is 0 Å². The van der Waals surface area contributed by atoms with Gasteiger partial charge in [-0.25, -0.2) is 4.39 Å². The van der Waals surface area contributed by atoms with Crippen LogP contribution in [-0.2, 0) is 4.79 Å². The van der Waals surface area contributed by atoms with Crippen molar-refractivity contribution in [3.05, 3.63) is 54.6 Å². The van der Waals surface area contributed by atoms with Crippen molar-refractivity contribution >= 4 is 17.7 Å². The monoisotopic (exact) mass is 425 g/mol. The summed E-state index contributed by atoms with van der Waals surface area (Å²) in [4.78, 5) is 19.0. The van der Waals surface area contributed by atoms with Crippen LogP contribution in [0.1, 0.15) is 33.1 Å². The summed E-state index contributed by atoms with van der Waals surface area (Å²) in [6.45, 7) is 4.22. The van der Waals surface area contributed by atoms with Crippen molar-refractivity contribution in [3.8, 4) is 17.1 Å². The molecule has 0 unspecified atom stereocenters. The maximum Gasteiger partial charge on any atom is 0.233 e. The van der Waals surface area contributed by atoms with Crippen LogP contribution in [0.2, 0.25) is 0 Å². The number of amides is 1. The van der Waals surface area contributed by atoms with Gasteiger partial charge in [0.1, 0.15) is 5.82 Å². The molecule has 3 aromatic rings. The predicted molar refractivity (Wildman–Crippen MR) is 115 cm³/mol. The van der Waals surface area contributed by atoms with Gasteiger partial charge in [-0.15, -0.1) is 10.2 Å². The molecule has 0 aliphatic carbocycles. The lowest BCUT2D eigenvalue weighted by molar-refractivity contribution is -0.134. The summed E-state index contributed by atoms with van der Waals surface area (Å²) in [5.41, 5.74) is 1.58. The number of aromatic nitrogens is 4. The van der Waals surface area contributed by atoms with E-state index in [1.54, 1.807) is 24.5 Å². The summed E-state index contributed by atoms with van der Waals surface area (Å²) in [6, 6.07) is 10.4. The Labute approximate surface area is 179 Å². The molecular formula is C22H24FN5OS. The average Bonchev–Trinajstić information content (AvgIpc) is 3.17. The summed E-state index contributed by atoms with van der Waals surface area (Å²) in [7, 11) is 0. The number of pyridine rings is 1. The number of nitrogens with zero attached hydrogens (tertiary/aromatic N) is 5. The molecule has 1 fully saturated rings. The maximum absolute atomic E-state index is 13.5. The van der Waals surface area contributed by atoms with Crippen molar-refractivity contribution in [2.45, 2.75) is 50.4 Å². The summed E-state index contributed by atoms with van der Waals surface area (Å²) in [5.74, 6) is 0.705. The second-order valence-corrected chi connectivity index (χ2v) is 8.52. The molecular weight excluding hydrogens is 401 g/mol. The number of likely N-dealkylation sites (tertiary alicyclic amines) is 1. The molecule has 8 heteroatoms. The molecule has 4 rings (SSSR count). The van der Waals surface area contributed by atoms with Crippen LogP contribution in [0.15, 0.2) is 53.9 Å². The van der Waals surface area contributed by atoms with Gasteiger partial charge in [0, 0.05) is 35.7 Å². The largest absolute Gasteiger partial charge is 0.337 e. The average molecular weight is 426 g/mol. The number of piperidine rings is 1. The van der Waals surface area contributed by atoms with E-state index in [-0.39, 0.29) is 29.6 Å². The van der Waals surface area contributed by atoms with Crippen LogP contribution in [0.4, 0.5) is 4.39 Å². The van der Waals surface area contributed by atoms with Crippen LogP contribution < -0.4 is 0 Å². The van der Waals surface area contributed by atoms with Gasteiger partial charge in [-0.3, -0.25) is 14.3 Å². The standard InChI is InChI=1S/C22H24FN5OS/c1-15-4-3-5-16(2)27(15)20(29)14-30-22-26-25-21(17-10-12-24-13-11-17)28(22)19-8-6-18(23)7-9-19/h6-13,15-16H,3-5,14H2,1-2H3/t15-,16+. The van der Waals surface area contributed by atoms with Gasteiger partial charge < -0.3 is 4.90 Å². The summed E-state index contributed by atoms with van der Waals surface area (Å²) in [6.07, 6.45) is 6.62. The zero-order chi connectivity index (χ0) is 21.1. The first-order chi connectivity index (χ1) is 14.5. The third-order valence-electron chi connectivity index (χ3n) is 5.46. The van der Waals surface area contributed by atoms with E-state index in [2.05, 4.69) is 29.0 Å². The van der Waals surface area contributed by atoms with Crippen molar-refractivity contribution in [1.29, 1.82) is 0 Å². The van der Waals surface area contributed by atoms with Crippen LogP contribution in [0.5, 0.6) is 0 Å². The number of hydrogen-bond donors (Lipinski definition) is 0. The van der Waals surface area contributed by atoms with Gasteiger partial charge in [0.05, 0.1) is 5.75 Å². The Morgan fingerprint density at radius 1 is 1.07 bits per heavy atom. The van der Waals surface area contributed by atoms with E-state index in [4.69, 9.17) is 0 Å². The van der Waals surface area contributed by atoms with Crippen molar-refractivity contribution in [3.63, 3.8) is 0 Å². The molecule has 0 saturated carbocycles. The molecule has 2 aromatic heterocycles. The molecule has 0 radical (unpaired) electrons. The van der Waals surface area contributed by atoms with Crippen molar-refractivity contribution in [1.82, 2.24) is 24.6 Å². The minimum atomic E-state index is -0.310. The third kappa shape index (κ3) is 4.23. The Morgan fingerprint density at radius 2 is 1.73 bits per heavy atom. The highest BCUT2D eigenvalue weighted by atomic mass is 32.2. The Kier molecular flexibility index (Phi) is 6.13. The van der Waals surface area contributed by atoms with Crippen molar-refractivity contribution in [2.24, 2.45) is 0 Å². The summed E-state index contributed by atoms with van der Waals surface area (Å²) < 4.78 is 15.3. The molecule has 3 heterocycles. The fraction of sp³-hybridized carbons (Fsp3) is 0.364. The number of halogens is 1. The lowest BCUT2D eigenvalue weighted by atomic mass is 9.98. The molecule has 0 bridgehead atoms. The van der Waals surface area contributed by atoms with E-state index in [9.17, 15) is 9.18 Å². The van der Waals surface area contributed by atoms with E-state index in [1.807, 2.05) is 21.6 Å². The van der Waals surface area contributed by atoms with Crippen LogP contribution in [0.25, 0.3) is 17.1 Å². The van der Waals surface area contributed by atoms with E-state index in [1.165, 1.54) is 23.9 Å². The van der Waals surface area contributed by atoms with Gasteiger partial charge in [0.25, 0.3) is 0 Å². The normalized spacial score (nSPS) is 19.1. The first kappa shape index (κ1) is 20.5. The number of carbonyl (C=O) groups excluding carboxylic acids is 1. The minimum absolute atomic E-state index is 0.110. The second kappa shape index (κ2) is 8.95. The highest BCUT2D eigenvalue weighted by molar-refractivity contribution is 7.99. The molecule has 156 valence electrons. The zero-order valence-electron chi connectivity index (χ0n) is 17.0. The Bertz CT molecular complexity index is 998. The lowest BCUT2D eigenvalue weighted by Gasteiger charge is -2.39. The van der Waals surface area contributed by atoms with Crippen LogP contribution in [0, 0.1) is 5.82 Å². The van der Waals surface area contributed by atoms with Gasteiger partial charge >= 0.3 is 0 Å². The number of thioether (sulfide) groups is 1. The van der Waals surface area contributed by atoms with Crippen LogP contribution in [0.3, 0.4) is 0 Å². The van der Waals surface area contributed by atoms with Crippen LogP contribution >= 0.6 is 11.8 Å². The molecule has 30 heavy (non-hydrogen) atoms. The Balaban J connectivity index is 1.62. The second-order valence-electron chi connectivity index (χ2n) is 7.57. The fourth-order valence-corrected chi connectivity index (χ4v) is 4.81. The number of rotatable bonds is 5. The highest BCUT2D eigenvalue weighted by Crippen LogP contribution is 2.29. The smallest absolute Gasteiger partial charge is 0.233 e. The molecule has 1 aliphatic rings. The summed E-state index contributed by atoms with van der Waals surface area (Å²) >= 11 is 1.36. The molecule has 0 N–H and O–H groups in total. The number of carbonyl (C=O) groups is 1. The molecule has 6 nitrogen and oxygen atoms in total. The quantitative estimate of drug-likeness (QED) is 0.569. The van der Waals surface area contributed by atoms with Crippen LogP contribution in [-0.4, -0.2) is 48.4 Å². The predicted octanol–water partition coefficient (Wildman–Crippen LogP) is 4.35. The molecule has 0 spiro atoms. The SMILES string of the molecule is C[C@@H]1CCC[C@H](C)N1C(=O)CSc1nnc(-c2ccncc2)n1-c1ccc(F)cc1. The molecule has 1 aromatic carbocycles. The summed E-state index contributed by atoms with van der Waals surface area (Å²) in [5, 5.41) is 9.29. The molecule has 1 saturated heterocycles. The number of hydrogen-bond acceptors (Lipinski definition) is 5. The topological polar surface area (TPSA) is 63.9 Å². The molecule has 1 amide bonds. The van der Waals surface area contributed by atoms with Gasteiger partial charge in [-0.05, 0) is 69.5 Å². The zero-order valence-corrected chi connectivity index (χ0v) is 17.8. The van der Waals surface area contributed by atoms with Gasteiger partial charge in [0.15, 0.2) is 11.0 Å².